The van der Waals surface area contributed by atoms with Crippen LogP contribution < -0.4 is 0 Å². The number of rotatable bonds is 13. The Morgan fingerprint density at radius 3 is 2.00 bits per heavy atom. The summed E-state index contributed by atoms with van der Waals surface area (Å²) in [7, 11) is 6.74. The second kappa shape index (κ2) is 19.9. The van der Waals surface area contributed by atoms with E-state index in [0.717, 1.165) is 25.7 Å². The Labute approximate surface area is 386 Å². The maximum absolute atomic E-state index is 12.8. The highest BCUT2D eigenvalue weighted by atomic mass is 17.1. The highest BCUT2D eigenvalue weighted by molar-refractivity contribution is 5.72. The van der Waals surface area contributed by atoms with E-state index in [1.807, 2.05) is 27.7 Å². The highest BCUT2D eigenvalue weighted by Gasteiger charge is 2.69. The predicted molar refractivity (Wildman–Crippen MR) is 232 cm³/mol. The lowest BCUT2D eigenvalue weighted by atomic mass is 9.73. The molecule has 7 fully saturated rings. The van der Waals surface area contributed by atoms with Crippen molar-refractivity contribution in [1.29, 1.82) is 0 Å². The highest BCUT2D eigenvalue weighted by Crippen LogP contribution is 2.57. The van der Waals surface area contributed by atoms with Crippen molar-refractivity contribution in [2.75, 3.05) is 28.4 Å². The molecule has 7 aliphatic rings. The smallest absolute Gasteiger partial charge is 0.347 e. The van der Waals surface area contributed by atoms with Crippen molar-refractivity contribution in [3.8, 4) is 0 Å². The summed E-state index contributed by atoms with van der Waals surface area (Å²) in [6, 6.07) is 0. The van der Waals surface area contributed by atoms with E-state index in [1.54, 1.807) is 49.2 Å². The summed E-state index contributed by atoms with van der Waals surface area (Å²) in [5.74, 6) is -5.74. The van der Waals surface area contributed by atoms with Gasteiger partial charge >= 0.3 is 5.97 Å². The molecule has 7 heterocycles. The summed E-state index contributed by atoms with van der Waals surface area (Å²) in [5.41, 5.74) is -2.01. The van der Waals surface area contributed by atoms with Crippen LogP contribution in [0.5, 0.6) is 0 Å². The van der Waals surface area contributed by atoms with Crippen molar-refractivity contribution in [2.45, 2.75) is 235 Å². The fourth-order valence-electron chi connectivity index (χ4n) is 13.4. The van der Waals surface area contributed by atoms with E-state index < -0.39 is 89.6 Å². The third kappa shape index (κ3) is 9.23. The molecule has 0 aromatic rings. The minimum Gasteiger partial charge on any atom is -0.392 e. The fraction of sp³-hybridized carbons (Fsp3) is 0.979. The maximum atomic E-state index is 12.8. The number of ether oxygens (including phenoxy) is 12. The van der Waals surface area contributed by atoms with E-state index >= 15 is 0 Å². The van der Waals surface area contributed by atoms with Crippen molar-refractivity contribution < 1.29 is 82.0 Å². The van der Waals surface area contributed by atoms with Gasteiger partial charge in [0.05, 0.1) is 91.4 Å². The van der Waals surface area contributed by atoms with Crippen molar-refractivity contribution in [3.05, 3.63) is 0 Å². The van der Waals surface area contributed by atoms with Gasteiger partial charge in [-0.25, -0.2) is 4.79 Å². The van der Waals surface area contributed by atoms with Crippen LogP contribution >= 0.6 is 0 Å². The molecule has 376 valence electrons. The van der Waals surface area contributed by atoms with Crippen molar-refractivity contribution in [2.24, 2.45) is 35.5 Å². The van der Waals surface area contributed by atoms with E-state index in [9.17, 15) is 20.3 Å². The van der Waals surface area contributed by atoms with Crippen LogP contribution in [0.2, 0.25) is 0 Å². The van der Waals surface area contributed by atoms with Gasteiger partial charge in [-0.2, -0.15) is 5.26 Å². The standard InChI is InChI=1S/C48H82O17/c1-23-39(49)27(5)47(10,51)63-41(23)34-16-15-32(58-34)33-17-19-36(59-33)46(9)43(56-14)28(6)48(65-46)26(4)35(54-12)21-30(61-48)22-37-45(8,62-38-20-18-31(53-11)29(7)57-38)42(55-13)24(2)40(60-37)25(3)44(50)64-52/h23-43,49,51-52H,15-22H2,1-14H3/t23-,24-,25+,26+,27+,28+,29+,30-,31-,32-,33+,34+,35+,36-,37-,38-,39+,40+,41+,42-,43+,45-,46-,47-,48-/m0/s1. The van der Waals surface area contributed by atoms with Gasteiger partial charge in [0, 0.05) is 77.3 Å². The Balaban J connectivity index is 1.12. The van der Waals surface area contributed by atoms with Crippen LogP contribution in [0.3, 0.4) is 0 Å². The third-order valence-electron chi connectivity index (χ3n) is 17.4. The molecular formula is C48H82O17. The monoisotopic (exact) mass is 931 g/mol. The molecule has 0 amide bonds. The maximum Gasteiger partial charge on any atom is 0.347 e. The van der Waals surface area contributed by atoms with E-state index in [-0.39, 0.29) is 66.4 Å². The van der Waals surface area contributed by atoms with Crippen LogP contribution in [0, 0.1) is 35.5 Å². The molecule has 7 saturated heterocycles. The first kappa shape index (κ1) is 51.7. The number of methoxy groups -OCH3 is 4. The lowest BCUT2D eigenvalue weighted by molar-refractivity contribution is -0.363. The Kier molecular flexibility index (Phi) is 15.9. The molecule has 25 atom stereocenters. The Morgan fingerprint density at radius 2 is 1.37 bits per heavy atom. The summed E-state index contributed by atoms with van der Waals surface area (Å²) in [5, 5.41) is 31.4. The molecule has 0 aromatic heterocycles. The number of carbonyl (C=O) groups is 1. The van der Waals surface area contributed by atoms with Crippen LogP contribution in [0.15, 0.2) is 0 Å². The van der Waals surface area contributed by atoms with Crippen LogP contribution in [0.25, 0.3) is 0 Å². The average molecular weight is 931 g/mol. The number of carbonyl (C=O) groups excluding carboxylic acids is 1. The summed E-state index contributed by atoms with van der Waals surface area (Å²) in [6.45, 7) is 19.2. The van der Waals surface area contributed by atoms with Crippen molar-refractivity contribution in [3.63, 3.8) is 0 Å². The van der Waals surface area contributed by atoms with Gasteiger partial charge in [-0.15, -0.1) is 0 Å². The Bertz CT molecular complexity index is 1600. The Morgan fingerprint density at radius 1 is 0.723 bits per heavy atom. The van der Waals surface area contributed by atoms with Gasteiger partial charge in [0.2, 0.25) is 0 Å². The van der Waals surface area contributed by atoms with E-state index in [0.29, 0.717) is 25.7 Å². The molecule has 65 heavy (non-hydrogen) atoms. The molecule has 17 heteroatoms. The van der Waals surface area contributed by atoms with Gasteiger partial charge in [0.25, 0.3) is 0 Å². The zero-order chi connectivity index (χ0) is 47.6. The van der Waals surface area contributed by atoms with Crippen LogP contribution in [-0.2, 0) is 66.5 Å². The summed E-state index contributed by atoms with van der Waals surface area (Å²) in [4.78, 5) is 17.1. The molecule has 0 aliphatic carbocycles. The molecule has 0 unspecified atom stereocenters. The first-order chi connectivity index (χ1) is 30.6. The van der Waals surface area contributed by atoms with Gasteiger partial charge in [-0.1, -0.05) is 34.6 Å². The summed E-state index contributed by atoms with van der Waals surface area (Å²) < 4.78 is 79.5. The summed E-state index contributed by atoms with van der Waals surface area (Å²) in [6.07, 6.45) is -1.00. The minimum atomic E-state index is -1.46. The molecule has 7 rings (SSSR count). The molecule has 0 aromatic carbocycles. The number of hydrogen-bond acceptors (Lipinski definition) is 17. The van der Waals surface area contributed by atoms with Gasteiger partial charge in [0.1, 0.15) is 11.2 Å². The first-order valence-corrected chi connectivity index (χ1v) is 24.4. The summed E-state index contributed by atoms with van der Waals surface area (Å²) >= 11 is 0. The molecule has 0 saturated carbocycles. The topological polar surface area (TPSA) is 198 Å². The fourth-order valence-corrected chi connectivity index (χ4v) is 13.4. The number of aliphatic hydroxyl groups excluding tert-OH is 1. The third-order valence-corrected chi connectivity index (χ3v) is 17.4. The molecule has 17 nitrogen and oxygen atoms in total. The lowest BCUT2D eigenvalue weighted by Crippen LogP contribution is -2.67. The molecule has 0 bridgehead atoms. The largest absolute Gasteiger partial charge is 0.392 e. The minimum absolute atomic E-state index is 0.0588. The second-order valence-corrected chi connectivity index (χ2v) is 21.3. The SMILES string of the molecule is CO[C@H]1CC[C@H](O[C@@]2(C)[C@H](C[C@@H]3C[C@@H](OC)[C@@H](C)[C@]4(O3)O[C@@](C)([C@@H]3CC[C@H]([C@@H]5CC[C@H]([C@@H]6O[C@](C)(O)[C@H](C)[C@H](O)[C@@H]6C)O5)O3)[C@H](OC)[C@H]4C)O[C@@H]([C@@H](C)C(=O)OO)[C@H](C)[C@@H]2OC)O[C@@H]1C. The van der Waals surface area contributed by atoms with Gasteiger partial charge in [-0.05, 0) is 66.7 Å². The van der Waals surface area contributed by atoms with Crippen LogP contribution in [-0.4, -0.2) is 164 Å². The van der Waals surface area contributed by atoms with E-state index in [1.165, 1.54) is 0 Å². The number of aliphatic hydroxyl groups is 2. The quantitative estimate of drug-likeness (QED) is 0.161. The lowest BCUT2D eigenvalue weighted by Gasteiger charge is -2.55. The van der Waals surface area contributed by atoms with Gasteiger partial charge < -0.3 is 71.9 Å². The first-order valence-electron chi connectivity index (χ1n) is 24.4. The zero-order valence-corrected chi connectivity index (χ0v) is 41.3. The van der Waals surface area contributed by atoms with Crippen LogP contribution in [0.4, 0.5) is 0 Å². The predicted octanol–water partition coefficient (Wildman–Crippen LogP) is 5.17. The molecule has 0 radical (unpaired) electrons. The molecule has 1 spiro atoms. The van der Waals surface area contributed by atoms with Crippen molar-refractivity contribution in [1.82, 2.24) is 0 Å². The van der Waals surface area contributed by atoms with Gasteiger partial charge in [0.15, 0.2) is 17.9 Å². The zero-order valence-electron chi connectivity index (χ0n) is 41.3. The molecular weight excluding hydrogens is 849 g/mol. The van der Waals surface area contributed by atoms with E-state index in [4.69, 9.17) is 56.8 Å². The Hall–Kier alpha value is -1.13. The molecule has 3 N–H and O–H groups in total. The van der Waals surface area contributed by atoms with E-state index in [2.05, 4.69) is 25.7 Å². The second-order valence-electron chi connectivity index (χ2n) is 21.3. The molecule has 7 aliphatic heterocycles. The van der Waals surface area contributed by atoms with Crippen LogP contribution in [0.1, 0.15) is 121 Å². The number of hydrogen-bond donors (Lipinski definition) is 3. The van der Waals surface area contributed by atoms with Crippen molar-refractivity contribution >= 4 is 5.97 Å². The average Bonchev–Trinajstić information content (AvgIpc) is 4.02. The van der Waals surface area contributed by atoms with Gasteiger partial charge in [-0.3, -0.25) is 0 Å². The normalized spacial score (nSPS) is 53.4.